The molecule has 2 heterocycles. The van der Waals surface area contributed by atoms with Crippen molar-refractivity contribution < 1.29 is 9.53 Å². The van der Waals surface area contributed by atoms with E-state index in [1.807, 2.05) is 18.2 Å². The van der Waals surface area contributed by atoms with Crippen LogP contribution in [0.5, 0.6) is 0 Å². The maximum atomic E-state index is 12.0. The van der Waals surface area contributed by atoms with Crippen LogP contribution in [0.4, 0.5) is 0 Å². The molecule has 2 fully saturated rings. The largest absolute Gasteiger partial charge is 0.365 e. The van der Waals surface area contributed by atoms with Crippen LogP contribution in [0.15, 0.2) is 24.4 Å². The van der Waals surface area contributed by atoms with Crippen LogP contribution in [0, 0.1) is 5.92 Å². The van der Waals surface area contributed by atoms with Crippen LogP contribution in [0.3, 0.4) is 0 Å². The molecular formula is C15H21N3O2. The van der Waals surface area contributed by atoms with Crippen molar-refractivity contribution in [1.29, 1.82) is 0 Å². The lowest BCUT2D eigenvalue weighted by Crippen LogP contribution is -2.52. The van der Waals surface area contributed by atoms with Crippen LogP contribution in [0.1, 0.15) is 25.0 Å². The Balaban J connectivity index is 1.46. The average Bonchev–Trinajstić information content (AvgIpc) is 2.99. The van der Waals surface area contributed by atoms with E-state index in [0.717, 1.165) is 25.2 Å². The topological polar surface area (TPSA) is 63.2 Å². The Morgan fingerprint density at radius 3 is 3.35 bits per heavy atom. The summed E-state index contributed by atoms with van der Waals surface area (Å²) >= 11 is 0. The number of fused-ring (bicyclic) bond motifs is 1. The number of carbonyl (C=O) groups is 1. The second-order valence-electron chi connectivity index (χ2n) is 5.74. The molecule has 20 heavy (non-hydrogen) atoms. The van der Waals surface area contributed by atoms with Gasteiger partial charge in [-0.25, -0.2) is 0 Å². The number of pyridine rings is 1. The second kappa shape index (κ2) is 5.89. The summed E-state index contributed by atoms with van der Waals surface area (Å²) in [5.41, 5.74) is 0.825. The molecule has 108 valence electrons. The molecule has 2 aliphatic rings. The van der Waals surface area contributed by atoms with Gasteiger partial charge < -0.3 is 15.4 Å². The van der Waals surface area contributed by atoms with Crippen molar-refractivity contribution in [3.8, 4) is 0 Å². The number of hydrogen-bond donors (Lipinski definition) is 2. The van der Waals surface area contributed by atoms with Crippen LogP contribution in [-0.2, 0) is 16.1 Å². The van der Waals surface area contributed by atoms with E-state index in [9.17, 15) is 4.79 Å². The summed E-state index contributed by atoms with van der Waals surface area (Å²) in [6.45, 7) is 2.40. The van der Waals surface area contributed by atoms with Crippen molar-refractivity contribution >= 4 is 5.91 Å². The van der Waals surface area contributed by atoms with Crippen LogP contribution in [0.25, 0.3) is 0 Å². The highest BCUT2D eigenvalue weighted by molar-refractivity contribution is 5.78. The fourth-order valence-corrected chi connectivity index (χ4v) is 3.40. The first-order valence-electron chi connectivity index (χ1n) is 7.28. The van der Waals surface area contributed by atoms with E-state index in [1.165, 1.54) is 12.8 Å². The van der Waals surface area contributed by atoms with Gasteiger partial charge in [-0.2, -0.15) is 0 Å². The van der Waals surface area contributed by atoms with Gasteiger partial charge in [-0.1, -0.05) is 12.5 Å². The molecular weight excluding hydrogens is 254 g/mol. The Kier molecular flexibility index (Phi) is 3.98. The second-order valence-corrected chi connectivity index (χ2v) is 5.74. The van der Waals surface area contributed by atoms with Gasteiger partial charge in [0.05, 0.1) is 17.8 Å². The SMILES string of the molecule is O=C(COCc1ccccn1)N[C@]12CCC[C@H]1CNC2. The minimum Gasteiger partial charge on any atom is -0.365 e. The molecule has 0 aromatic carbocycles. The van der Waals surface area contributed by atoms with Crippen LogP contribution in [-0.4, -0.2) is 36.1 Å². The van der Waals surface area contributed by atoms with E-state index < -0.39 is 0 Å². The normalized spacial score (nSPS) is 28.3. The summed E-state index contributed by atoms with van der Waals surface area (Å²) in [7, 11) is 0. The number of aromatic nitrogens is 1. The number of hydrogen-bond acceptors (Lipinski definition) is 4. The lowest BCUT2D eigenvalue weighted by Gasteiger charge is -2.29. The molecule has 0 radical (unpaired) electrons. The molecule has 1 saturated carbocycles. The highest BCUT2D eigenvalue weighted by Gasteiger charge is 2.46. The molecule has 2 N–H and O–H groups in total. The first-order chi connectivity index (χ1) is 9.78. The van der Waals surface area contributed by atoms with Crippen molar-refractivity contribution in [1.82, 2.24) is 15.6 Å². The minimum atomic E-state index is -0.0224. The predicted octanol–water partition coefficient (Wildman–Crippen LogP) is 0.857. The van der Waals surface area contributed by atoms with E-state index in [-0.39, 0.29) is 18.1 Å². The van der Waals surface area contributed by atoms with Crippen molar-refractivity contribution in [2.24, 2.45) is 5.92 Å². The van der Waals surface area contributed by atoms with E-state index in [0.29, 0.717) is 12.5 Å². The Hall–Kier alpha value is -1.46. The van der Waals surface area contributed by atoms with Gasteiger partial charge in [0.1, 0.15) is 6.61 Å². The maximum Gasteiger partial charge on any atom is 0.246 e. The number of ether oxygens (including phenoxy) is 1. The summed E-state index contributed by atoms with van der Waals surface area (Å²) in [5, 5.41) is 6.58. The standard InChI is InChI=1S/C15H21N3O2/c19-14(10-20-9-13-5-1-2-7-17-13)18-15-6-3-4-12(15)8-16-11-15/h1-2,5,7,12,16H,3-4,6,8-11H2,(H,18,19)/t12-,15-/m0/s1. The third kappa shape index (κ3) is 2.83. The maximum absolute atomic E-state index is 12.0. The van der Waals surface area contributed by atoms with Gasteiger partial charge in [0, 0.05) is 19.3 Å². The first-order valence-corrected chi connectivity index (χ1v) is 7.28. The number of nitrogens with one attached hydrogen (secondary N) is 2. The van der Waals surface area contributed by atoms with Gasteiger partial charge in [-0.15, -0.1) is 0 Å². The Labute approximate surface area is 119 Å². The van der Waals surface area contributed by atoms with Crippen molar-refractivity contribution in [2.75, 3.05) is 19.7 Å². The molecule has 0 unspecified atom stereocenters. The molecule has 1 saturated heterocycles. The molecule has 5 heteroatoms. The Morgan fingerprint density at radius 2 is 2.50 bits per heavy atom. The highest BCUT2D eigenvalue weighted by Crippen LogP contribution is 2.38. The molecule has 1 aromatic heterocycles. The monoisotopic (exact) mass is 275 g/mol. The quantitative estimate of drug-likeness (QED) is 0.836. The molecule has 5 nitrogen and oxygen atoms in total. The van der Waals surface area contributed by atoms with Gasteiger partial charge in [-0.05, 0) is 30.9 Å². The van der Waals surface area contributed by atoms with Crippen LogP contribution < -0.4 is 10.6 Å². The summed E-state index contributed by atoms with van der Waals surface area (Å²) < 4.78 is 5.44. The van der Waals surface area contributed by atoms with Crippen LogP contribution >= 0.6 is 0 Å². The molecule has 0 bridgehead atoms. The zero-order chi connectivity index (χ0) is 13.8. The van der Waals surface area contributed by atoms with E-state index in [4.69, 9.17) is 4.74 Å². The summed E-state index contributed by atoms with van der Waals surface area (Å²) in [5.74, 6) is 0.568. The fraction of sp³-hybridized carbons (Fsp3) is 0.600. The molecule has 1 aliphatic heterocycles. The van der Waals surface area contributed by atoms with Crippen molar-refractivity contribution in [3.63, 3.8) is 0 Å². The van der Waals surface area contributed by atoms with Gasteiger partial charge in [0.15, 0.2) is 0 Å². The van der Waals surface area contributed by atoms with E-state index >= 15 is 0 Å². The first kappa shape index (κ1) is 13.5. The van der Waals surface area contributed by atoms with Crippen LogP contribution in [0.2, 0.25) is 0 Å². The zero-order valence-corrected chi connectivity index (χ0v) is 11.6. The van der Waals surface area contributed by atoms with Gasteiger partial charge in [0.2, 0.25) is 5.91 Å². The van der Waals surface area contributed by atoms with Crippen molar-refractivity contribution in [2.45, 2.75) is 31.4 Å². The summed E-state index contributed by atoms with van der Waals surface area (Å²) in [6.07, 6.45) is 5.23. The number of rotatable bonds is 5. The fourth-order valence-electron chi connectivity index (χ4n) is 3.40. The van der Waals surface area contributed by atoms with E-state index in [2.05, 4.69) is 15.6 Å². The van der Waals surface area contributed by atoms with Gasteiger partial charge >= 0.3 is 0 Å². The Morgan fingerprint density at radius 1 is 1.55 bits per heavy atom. The molecule has 1 aliphatic carbocycles. The zero-order valence-electron chi connectivity index (χ0n) is 11.6. The van der Waals surface area contributed by atoms with Gasteiger partial charge in [-0.3, -0.25) is 9.78 Å². The lowest BCUT2D eigenvalue weighted by molar-refractivity contribution is -0.128. The van der Waals surface area contributed by atoms with Crippen molar-refractivity contribution in [3.05, 3.63) is 30.1 Å². The molecule has 0 spiro atoms. The predicted molar refractivity (Wildman–Crippen MR) is 75.0 cm³/mol. The molecule has 1 aromatic rings. The number of carbonyl (C=O) groups excluding carboxylic acids is 1. The minimum absolute atomic E-state index is 0.0171. The third-order valence-corrected chi connectivity index (χ3v) is 4.39. The number of nitrogens with zero attached hydrogens (tertiary/aromatic N) is 1. The highest BCUT2D eigenvalue weighted by atomic mass is 16.5. The average molecular weight is 275 g/mol. The van der Waals surface area contributed by atoms with E-state index in [1.54, 1.807) is 6.20 Å². The number of amides is 1. The summed E-state index contributed by atoms with van der Waals surface area (Å²) in [6, 6.07) is 5.67. The Bertz CT molecular complexity index is 453. The van der Waals surface area contributed by atoms with Gasteiger partial charge in [0.25, 0.3) is 0 Å². The lowest BCUT2D eigenvalue weighted by atomic mass is 9.90. The molecule has 3 rings (SSSR count). The smallest absolute Gasteiger partial charge is 0.246 e. The molecule has 2 atom stereocenters. The third-order valence-electron chi connectivity index (χ3n) is 4.39. The molecule has 1 amide bonds. The summed E-state index contributed by atoms with van der Waals surface area (Å²) in [4.78, 5) is 16.2.